The molecule has 0 aliphatic rings. The zero-order chi connectivity index (χ0) is 11.3. The van der Waals surface area contributed by atoms with Crippen molar-refractivity contribution in [2.45, 2.75) is 6.61 Å². The van der Waals surface area contributed by atoms with E-state index in [-0.39, 0.29) is 6.61 Å². The van der Waals surface area contributed by atoms with Crippen LogP contribution in [0.5, 0.6) is 0 Å². The van der Waals surface area contributed by atoms with Gasteiger partial charge in [0.05, 0.1) is 19.3 Å². The summed E-state index contributed by atoms with van der Waals surface area (Å²) in [7, 11) is -1.71. The molecule has 0 aliphatic heterocycles. The van der Waals surface area contributed by atoms with E-state index in [2.05, 4.69) is 9.26 Å². The molecule has 6 heteroatoms. The lowest BCUT2D eigenvalue weighted by Gasteiger charge is -2.06. The Hall–Kier alpha value is -1.16. The number of esters is 1. The van der Waals surface area contributed by atoms with Gasteiger partial charge in [0.25, 0.3) is 0 Å². The Balaban J connectivity index is 2.86. The van der Waals surface area contributed by atoms with Crippen LogP contribution in [0.3, 0.4) is 0 Å². The van der Waals surface area contributed by atoms with Gasteiger partial charge in [-0.1, -0.05) is 18.2 Å². The van der Waals surface area contributed by atoms with Gasteiger partial charge < -0.3 is 14.2 Å². The van der Waals surface area contributed by atoms with Gasteiger partial charge in [0.15, 0.2) is 0 Å². The van der Waals surface area contributed by atoms with Gasteiger partial charge in [-0.05, 0) is 11.6 Å². The predicted octanol–water partition coefficient (Wildman–Crippen LogP) is 1.37. The van der Waals surface area contributed by atoms with E-state index < -0.39 is 14.2 Å². The van der Waals surface area contributed by atoms with E-state index in [4.69, 9.17) is 4.89 Å². The molecule has 0 amide bonds. The van der Waals surface area contributed by atoms with Crippen molar-refractivity contribution >= 4 is 14.2 Å². The van der Waals surface area contributed by atoms with Gasteiger partial charge in [0, 0.05) is 0 Å². The third-order valence-electron chi connectivity index (χ3n) is 1.77. The third kappa shape index (κ3) is 3.47. The predicted molar refractivity (Wildman–Crippen MR) is 53.8 cm³/mol. The molecule has 0 bridgehead atoms. The monoisotopic (exact) mass is 230 g/mol. The minimum atomic E-state index is -2.98. The fraction of sp³-hybridized carbons (Fsp3) is 0.222. The molecule has 1 atom stereocenters. The number of carbonyl (C=O) groups excluding carboxylic acids is 1. The lowest BCUT2D eigenvalue weighted by atomic mass is 10.1. The van der Waals surface area contributed by atoms with E-state index in [0.29, 0.717) is 11.1 Å². The van der Waals surface area contributed by atoms with Gasteiger partial charge in [-0.25, -0.2) is 4.79 Å². The summed E-state index contributed by atoms with van der Waals surface area (Å²) in [6.07, 6.45) is 0. The first-order valence-corrected chi connectivity index (χ1v) is 5.43. The maximum Gasteiger partial charge on any atom is 0.338 e. The van der Waals surface area contributed by atoms with Gasteiger partial charge in [0.1, 0.15) is 0 Å². The fourth-order valence-electron chi connectivity index (χ4n) is 1.09. The van der Waals surface area contributed by atoms with Crippen molar-refractivity contribution in [2.75, 3.05) is 7.11 Å². The molecular formula is C9H11O5P. The van der Waals surface area contributed by atoms with Gasteiger partial charge >= 0.3 is 14.2 Å². The van der Waals surface area contributed by atoms with E-state index >= 15 is 0 Å². The number of hydrogen-bond acceptors (Lipinski definition) is 4. The highest BCUT2D eigenvalue weighted by atomic mass is 31.1. The molecule has 0 spiro atoms. The summed E-state index contributed by atoms with van der Waals surface area (Å²) in [6.45, 7) is -0.0838. The van der Waals surface area contributed by atoms with Gasteiger partial charge in [-0.3, -0.25) is 4.57 Å². The van der Waals surface area contributed by atoms with Crippen LogP contribution in [-0.2, 0) is 20.4 Å². The summed E-state index contributed by atoms with van der Waals surface area (Å²) in [6, 6.07) is 6.59. The largest absolute Gasteiger partial charge is 0.465 e. The average molecular weight is 230 g/mol. The molecule has 5 nitrogen and oxygen atoms in total. The molecule has 0 saturated heterocycles. The van der Waals surface area contributed by atoms with E-state index in [9.17, 15) is 9.36 Å². The van der Waals surface area contributed by atoms with E-state index in [1.807, 2.05) is 0 Å². The van der Waals surface area contributed by atoms with Crippen LogP contribution in [0.4, 0.5) is 0 Å². The Morgan fingerprint density at radius 2 is 2.13 bits per heavy atom. The quantitative estimate of drug-likeness (QED) is 0.624. The summed E-state index contributed by atoms with van der Waals surface area (Å²) in [5, 5.41) is 0. The topological polar surface area (TPSA) is 72.8 Å². The molecule has 15 heavy (non-hydrogen) atoms. The molecule has 1 aromatic carbocycles. The van der Waals surface area contributed by atoms with Gasteiger partial charge in [0.2, 0.25) is 0 Å². The van der Waals surface area contributed by atoms with Crippen molar-refractivity contribution in [3.63, 3.8) is 0 Å². The fourth-order valence-corrected chi connectivity index (χ4v) is 1.37. The Morgan fingerprint density at radius 3 is 2.73 bits per heavy atom. The molecule has 0 fully saturated rings. The highest BCUT2D eigenvalue weighted by Gasteiger charge is 2.11. The van der Waals surface area contributed by atoms with Gasteiger partial charge in [-0.2, -0.15) is 0 Å². The number of hydrogen-bond donors (Lipinski definition) is 1. The van der Waals surface area contributed by atoms with Crippen molar-refractivity contribution in [3.8, 4) is 0 Å². The standard InChI is InChI=1S/C9H11O5P/c1-13-9(10)8-5-3-2-4-7(8)6-14-15(11)12/h2-5,15H,6H2,1H3,(H,11,12). The Morgan fingerprint density at radius 1 is 1.47 bits per heavy atom. The van der Waals surface area contributed by atoms with Crippen molar-refractivity contribution in [1.29, 1.82) is 0 Å². The van der Waals surface area contributed by atoms with Crippen molar-refractivity contribution in [3.05, 3.63) is 35.4 Å². The average Bonchev–Trinajstić information content (AvgIpc) is 2.25. The van der Waals surface area contributed by atoms with Crippen LogP contribution in [0.1, 0.15) is 15.9 Å². The first-order valence-electron chi connectivity index (χ1n) is 4.17. The van der Waals surface area contributed by atoms with E-state index in [0.717, 1.165) is 0 Å². The molecule has 0 radical (unpaired) electrons. The number of methoxy groups -OCH3 is 1. The minimum Gasteiger partial charge on any atom is -0.465 e. The molecule has 0 heterocycles. The van der Waals surface area contributed by atoms with Crippen molar-refractivity contribution < 1.29 is 23.5 Å². The third-order valence-corrected chi connectivity index (χ3v) is 2.17. The SMILES string of the molecule is COC(=O)c1ccccc1CO[PH](=O)O. The molecule has 0 aliphatic carbocycles. The lowest BCUT2D eigenvalue weighted by molar-refractivity contribution is 0.0597. The van der Waals surface area contributed by atoms with Crippen LogP contribution in [0.25, 0.3) is 0 Å². The van der Waals surface area contributed by atoms with Crippen LogP contribution < -0.4 is 0 Å². The Kier molecular flexibility index (Phi) is 4.49. The van der Waals surface area contributed by atoms with Crippen LogP contribution in [0.15, 0.2) is 24.3 Å². The molecular weight excluding hydrogens is 219 g/mol. The maximum atomic E-state index is 11.3. The second kappa shape index (κ2) is 5.66. The molecule has 1 rings (SSSR count). The van der Waals surface area contributed by atoms with Crippen LogP contribution in [0, 0.1) is 0 Å². The van der Waals surface area contributed by atoms with Crippen LogP contribution in [-0.4, -0.2) is 18.0 Å². The number of carbonyl (C=O) groups is 1. The minimum absolute atomic E-state index is 0.0838. The molecule has 82 valence electrons. The first-order chi connectivity index (χ1) is 7.15. The number of rotatable bonds is 4. The highest BCUT2D eigenvalue weighted by Crippen LogP contribution is 2.20. The zero-order valence-corrected chi connectivity index (χ0v) is 9.10. The molecule has 1 aromatic rings. The molecule has 1 N–H and O–H groups in total. The second-order valence-corrected chi connectivity index (χ2v) is 3.52. The second-order valence-electron chi connectivity index (χ2n) is 2.70. The number of ether oxygens (including phenoxy) is 1. The normalized spacial score (nSPS) is 12.1. The maximum absolute atomic E-state index is 11.3. The number of benzene rings is 1. The smallest absolute Gasteiger partial charge is 0.338 e. The van der Waals surface area contributed by atoms with Crippen molar-refractivity contribution in [1.82, 2.24) is 0 Å². The van der Waals surface area contributed by atoms with E-state index in [1.165, 1.54) is 7.11 Å². The van der Waals surface area contributed by atoms with Crippen molar-refractivity contribution in [2.24, 2.45) is 0 Å². The highest BCUT2D eigenvalue weighted by molar-refractivity contribution is 7.32. The van der Waals surface area contributed by atoms with E-state index in [1.54, 1.807) is 24.3 Å². The lowest BCUT2D eigenvalue weighted by Crippen LogP contribution is -2.05. The molecule has 1 unspecified atom stereocenters. The summed E-state index contributed by atoms with van der Waals surface area (Å²) in [5.41, 5.74) is 0.861. The summed E-state index contributed by atoms with van der Waals surface area (Å²) in [4.78, 5) is 19.8. The first kappa shape index (κ1) is 11.9. The van der Waals surface area contributed by atoms with Crippen LogP contribution in [0.2, 0.25) is 0 Å². The summed E-state index contributed by atoms with van der Waals surface area (Å²) < 4.78 is 19.5. The van der Waals surface area contributed by atoms with Gasteiger partial charge in [-0.15, -0.1) is 0 Å². The molecule has 0 saturated carbocycles. The summed E-state index contributed by atoms with van der Waals surface area (Å²) >= 11 is 0. The van der Waals surface area contributed by atoms with Crippen LogP contribution >= 0.6 is 8.25 Å². The molecule has 0 aromatic heterocycles. The Bertz CT molecular complexity index is 377. The Labute approximate surface area is 87.6 Å². The summed E-state index contributed by atoms with van der Waals surface area (Å²) in [5.74, 6) is -0.494. The zero-order valence-electron chi connectivity index (χ0n) is 8.10.